The molecular formula is C9H5ClF6O2S. The predicted octanol–water partition coefficient (Wildman–Crippen LogP) is 3.96. The Morgan fingerprint density at radius 3 is 1.79 bits per heavy atom. The van der Waals surface area contributed by atoms with Crippen molar-refractivity contribution in [3.8, 4) is 0 Å². The average Bonchev–Trinajstić information content (AvgIpc) is 2.11. The van der Waals surface area contributed by atoms with E-state index in [2.05, 4.69) is 0 Å². The first-order valence-corrected chi connectivity index (χ1v) is 6.79. The molecule has 0 aliphatic carbocycles. The van der Waals surface area contributed by atoms with Crippen LogP contribution in [0, 0.1) is 6.92 Å². The predicted molar refractivity (Wildman–Crippen MR) is 54.2 cm³/mol. The zero-order valence-corrected chi connectivity index (χ0v) is 10.6. The Morgan fingerprint density at radius 2 is 1.47 bits per heavy atom. The van der Waals surface area contributed by atoms with Gasteiger partial charge in [0.15, 0.2) is 0 Å². The molecule has 0 bridgehead atoms. The van der Waals surface area contributed by atoms with E-state index in [-0.39, 0.29) is 11.6 Å². The van der Waals surface area contributed by atoms with Crippen LogP contribution >= 0.6 is 10.7 Å². The van der Waals surface area contributed by atoms with Gasteiger partial charge in [0.05, 0.1) is 16.0 Å². The Hall–Kier alpha value is -0.960. The Morgan fingerprint density at radius 1 is 1.00 bits per heavy atom. The molecule has 2 nitrogen and oxygen atoms in total. The maximum atomic E-state index is 12.7. The molecule has 0 unspecified atom stereocenters. The highest BCUT2D eigenvalue weighted by Gasteiger charge is 2.46. The van der Waals surface area contributed by atoms with Crippen molar-refractivity contribution in [3.05, 3.63) is 28.8 Å². The van der Waals surface area contributed by atoms with Crippen LogP contribution in [0.1, 0.15) is 16.7 Å². The van der Waals surface area contributed by atoms with Crippen LogP contribution in [-0.2, 0) is 21.4 Å². The van der Waals surface area contributed by atoms with Gasteiger partial charge in [-0.15, -0.1) is 0 Å². The first-order valence-electron chi connectivity index (χ1n) is 4.48. The zero-order chi connectivity index (χ0) is 15.2. The molecule has 0 aliphatic rings. The summed E-state index contributed by atoms with van der Waals surface area (Å²) >= 11 is 0. The fraction of sp³-hybridized carbons (Fsp3) is 0.333. The van der Waals surface area contributed by atoms with Gasteiger partial charge >= 0.3 is 12.4 Å². The molecule has 0 radical (unpaired) electrons. The molecule has 0 aromatic heterocycles. The molecule has 108 valence electrons. The number of alkyl halides is 6. The average molecular weight is 327 g/mol. The van der Waals surface area contributed by atoms with Gasteiger partial charge in [0.1, 0.15) is 0 Å². The van der Waals surface area contributed by atoms with Gasteiger partial charge in [-0.25, -0.2) is 8.42 Å². The molecule has 1 aromatic carbocycles. The Bertz CT molecular complexity index is 602. The van der Waals surface area contributed by atoms with E-state index in [9.17, 15) is 34.8 Å². The van der Waals surface area contributed by atoms with Crippen molar-refractivity contribution in [2.24, 2.45) is 0 Å². The van der Waals surface area contributed by atoms with Gasteiger partial charge in [-0.1, -0.05) is 0 Å². The van der Waals surface area contributed by atoms with Gasteiger partial charge in [-0.05, 0) is 24.6 Å². The first kappa shape index (κ1) is 16.1. The molecule has 0 aliphatic heterocycles. The molecule has 0 fully saturated rings. The molecule has 19 heavy (non-hydrogen) atoms. The van der Waals surface area contributed by atoms with E-state index in [1.165, 1.54) is 0 Å². The molecule has 0 heterocycles. The van der Waals surface area contributed by atoms with Crippen LogP contribution < -0.4 is 0 Å². The van der Waals surface area contributed by atoms with Crippen LogP contribution in [0.4, 0.5) is 26.3 Å². The molecule has 0 N–H and O–H groups in total. The minimum absolute atomic E-state index is 0.217. The second-order valence-corrected chi connectivity index (χ2v) is 6.15. The van der Waals surface area contributed by atoms with Gasteiger partial charge in [0.25, 0.3) is 9.05 Å². The van der Waals surface area contributed by atoms with E-state index in [0.717, 1.165) is 6.92 Å². The topological polar surface area (TPSA) is 34.1 Å². The van der Waals surface area contributed by atoms with Gasteiger partial charge in [0, 0.05) is 10.7 Å². The number of hydrogen-bond acceptors (Lipinski definition) is 2. The molecule has 1 aromatic rings. The number of rotatable bonds is 1. The summed E-state index contributed by atoms with van der Waals surface area (Å²) in [5.41, 5.74) is -4.70. The third-order valence-electron chi connectivity index (χ3n) is 2.10. The minimum atomic E-state index is -5.50. The second kappa shape index (κ2) is 4.55. The highest BCUT2D eigenvalue weighted by Crippen LogP contribution is 2.44. The smallest absolute Gasteiger partial charge is 0.207 e. The standard InChI is InChI=1S/C9H5ClF6O2S/c1-4-2-5(8(11,12)13)7(9(14,15)16)6(3-4)19(10,17)18/h2-3H,1H3. The van der Waals surface area contributed by atoms with Crippen molar-refractivity contribution in [1.82, 2.24) is 0 Å². The van der Waals surface area contributed by atoms with Gasteiger partial charge in [-0.3, -0.25) is 0 Å². The zero-order valence-electron chi connectivity index (χ0n) is 9.03. The number of hydrogen-bond donors (Lipinski definition) is 0. The van der Waals surface area contributed by atoms with Crippen LogP contribution in [0.25, 0.3) is 0 Å². The quantitative estimate of drug-likeness (QED) is 0.578. The van der Waals surface area contributed by atoms with E-state index in [1.807, 2.05) is 0 Å². The molecule has 1 rings (SSSR count). The van der Waals surface area contributed by atoms with Crippen molar-refractivity contribution in [3.63, 3.8) is 0 Å². The van der Waals surface area contributed by atoms with Crippen LogP contribution in [-0.4, -0.2) is 8.42 Å². The molecule has 0 saturated carbocycles. The maximum absolute atomic E-state index is 12.7. The second-order valence-electron chi connectivity index (χ2n) is 3.62. The number of aryl methyl sites for hydroxylation is 1. The van der Waals surface area contributed by atoms with E-state index in [4.69, 9.17) is 10.7 Å². The van der Waals surface area contributed by atoms with Crippen molar-refractivity contribution in [1.29, 1.82) is 0 Å². The van der Waals surface area contributed by atoms with Crippen LogP contribution in [0.3, 0.4) is 0 Å². The number of benzene rings is 1. The van der Waals surface area contributed by atoms with E-state index in [1.54, 1.807) is 0 Å². The third-order valence-corrected chi connectivity index (χ3v) is 3.44. The Labute approximate surface area is 108 Å². The lowest BCUT2D eigenvalue weighted by atomic mass is 10.0. The molecular weight excluding hydrogens is 322 g/mol. The minimum Gasteiger partial charge on any atom is -0.207 e. The highest BCUT2D eigenvalue weighted by atomic mass is 35.7. The van der Waals surface area contributed by atoms with E-state index in [0.29, 0.717) is 6.07 Å². The monoisotopic (exact) mass is 326 g/mol. The van der Waals surface area contributed by atoms with Crippen molar-refractivity contribution in [2.75, 3.05) is 0 Å². The lowest BCUT2D eigenvalue weighted by Crippen LogP contribution is -2.20. The van der Waals surface area contributed by atoms with Crippen molar-refractivity contribution >= 4 is 19.7 Å². The van der Waals surface area contributed by atoms with Gasteiger partial charge in [-0.2, -0.15) is 26.3 Å². The SMILES string of the molecule is Cc1cc(C(F)(F)F)c(C(F)(F)F)c(S(=O)(=O)Cl)c1. The van der Waals surface area contributed by atoms with Gasteiger partial charge in [0.2, 0.25) is 0 Å². The molecule has 0 saturated heterocycles. The molecule has 0 atom stereocenters. The summed E-state index contributed by atoms with van der Waals surface area (Å²) in [6.45, 7) is 1.03. The summed E-state index contributed by atoms with van der Waals surface area (Å²) in [4.78, 5) is -1.60. The summed E-state index contributed by atoms with van der Waals surface area (Å²) in [5.74, 6) is 0. The highest BCUT2D eigenvalue weighted by molar-refractivity contribution is 8.13. The summed E-state index contributed by atoms with van der Waals surface area (Å²) in [7, 11) is -0.201. The third kappa shape index (κ3) is 3.53. The largest absolute Gasteiger partial charge is 0.418 e. The van der Waals surface area contributed by atoms with E-state index >= 15 is 0 Å². The normalized spacial score (nSPS) is 13.7. The van der Waals surface area contributed by atoms with Crippen LogP contribution in [0.5, 0.6) is 0 Å². The molecule has 10 heteroatoms. The Kier molecular flexibility index (Phi) is 3.85. The lowest BCUT2D eigenvalue weighted by molar-refractivity contribution is -0.163. The van der Waals surface area contributed by atoms with Crippen LogP contribution in [0.2, 0.25) is 0 Å². The van der Waals surface area contributed by atoms with Crippen LogP contribution in [0.15, 0.2) is 17.0 Å². The summed E-state index contributed by atoms with van der Waals surface area (Å²) in [5, 5.41) is 0. The fourth-order valence-electron chi connectivity index (χ4n) is 1.46. The lowest BCUT2D eigenvalue weighted by Gasteiger charge is -2.18. The van der Waals surface area contributed by atoms with Crippen molar-refractivity contribution in [2.45, 2.75) is 24.2 Å². The summed E-state index contributed by atoms with van der Waals surface area (Å²) < 4.78 is 97.9. The van der Waals surface area contributed by atoms with Crippen molar-refractivity contribution < 1.29 is 34.8 Å². The summed E-state index contributed by atoms with van der Waals surface area (Å²) in [6.07, 6.45) is -10.9. The van der Waals surface area contributed by atoms with E-state index < -0.39 is 37.4 Å². The first-order chi connectivity index (χ1) is 8.24. The molecule has 0 amide bonds. The van der Waals surface area contributed by atoms with Gasteiger partial charge < -0.3 is 0 Å². The maximum Gasteiger partial charge on any atom is 0.418 e. The fourth-order valence-corrected chi connectivity index (χ4v) is 2.62. The molecule has 0 spiro atoms. The summed E-state index contributed by atoms with van der Waals surface area (Å²) in [6, 6.07) is 0.661. The number of halogens is 7. The Balaban J connectivity index is 3.91.